The minimum Gasteiger partial charge on any atom is -0.297 e. The lowest BCUT2D eigenvalue weighted by atomic mass is 10.2. The van der Waals surface area contributed by atoms with Crippen LogP contribution in [0.2, 0.25) is 0 Å². The van der Waals surface area contributed by atoms with Gasteiger partial charge in [-0.05, 0) is 41.6 Å². The molecule has 0 aliphatic carbocycles. The molecular weight excluding hydrogens is 386 g/mol. The number of nitro groups is 1. The predicted octanol–water partition coefficient (Wildman–Crippen LogP) is 4.07. The fourth-order valence-corrected chi connectivity index (χ4v) is 4.30. The third kappa shape index (κ3) is 3.71. The molecule has 0 fully saturated rings. The van der Waals surface area contributed by atoms with Crippen molar-refractivity contribution in [2.24, 2.45) is 0 Å². The van der Waals surface area contributed by atoms with Crippen molar-refractivity contribution < 1.29 is 9.72 Å². The van der Waals surface area contributed by atoms with E-state index in [4.69, 9.17) is 0 Å². The Morgan fingerprint density at radius 3 is 3.00 bits per heavy atom. The van der Waals surface area contributed by atoms with E-state index in [1.54, 1.807) is 6.07 Å². The highest BCUT2D eigenvalue weighted by Crippen LogP contribution is 2.27. The number of aromatic nitrogens is 3. The average Bonchev–Trinajstić information content (AvgIpc) is 3.34. The maximum Gasteiger partial charge on any atom is 0.307 e. The van der Waals surface area contributed by atoms with Gasteiger partial charge in [0.1, 0.15) is 12.4 Å². The molecule has 0 saturated carbocycles. The number of thiazole rings is 1. The summed E-state index contributed by atoms with van der Waals surface area (Å²) in [4.78, 5) is 27.7. The molecule has 136 valence electrons. The molecule has 4 aromatic rings. The molecule has 27 heavy (non-hydrogen) atoms. The molecule has 10 heteroatoms. The molecule has 1 aromatic carbocycles. The molecule has 1 N–H and O–H groups in total. The zero-order valence-corrected chi connectivity index (χ0v) is 15.7. The van der Waals surface area contributed by atoms with E-state index in [1.807, 2.05) is 30.5 Å². The van der Waals surface area contributed by atoms with Crippen molar-refractivity contribution in [1.29, 1.82) is 0 Å². The number of carbonyl (C=O) groups excluding carboxylic acids is 1. The number of amides is 1. The zero-order chi connectivity index (χ0) is 19.0. The number of nitrogens with one attached hydrogen (secondary N) is 1. The first-order chi connectivity index (χ1) is 13.0. The lowest BCUT2D eigenvalue weighted by Crippen LogP contribution is -2.09. The van der Waals surface area contributed by atoms with Crippen LogP contribution in [0.4, 0.5) is 10.8 Å². The van der Waals surface area contributed by atoms with Crippen LogP contribution in [-0.2, 0) is 6.54 Å². The number of hydrogen-bond donors (Lipinski definition) is 1. The molecule has 0 atom stereocenters. The minimum atomic E-state index is -0.491. The van der Waals surface area contributed by atoms with Crippen LogP contribution < -0.4 is 5.32 Å². The molecule has 0 aliphatic heterocycles. The van der Waals surface area contributed by atoms with E-state index in [9.17, 15) is 14.9 Å². The number of thiophene rings is 1. The predicted molar refractivity (Wildman–Crippen MR) is 105 cm³/mol. The molecule has 3 aromatic heterocycles. The van der Waals surface area contributed by atoms with Crippen molar-refractivity contribution >= 4 is 49.6 Å². The van der Waals surface area contributed by atoms with Gasteiger partial charge in [0, 0.05) is 0 Å². The number of carbonyl (C=O) groups is 1. The van der Waals surface area contributed by atoms with E-state index in [0.29, 0.717) is 16.6 Å². The molecule has 0 saturated heterocycles. The Balaban J connectivity index is 1.46. The second-order valence-electron chi connectivity index (χ2n) is 5.92. The Morgan fingerprint density at radius 1 is 1.37 bits per heavy atom. The smallest absolute Gasteiger partial charge is 0.297 e. The number of hydrogen-bond acceptors (Lipinski definition) is 7. The van der Waals surface area contributed by atoms with Gasteiger partial charge in [0.25, 0.3) is 5.91 Å². The molecule has 0 spiro atoms. The fourth-order valence-electron chi connectivity index (χ4n) is 2.54. The van der Waals surface area contributed by atoms with Gasteiger partial charge < -0.3 is 0 Å². The lowest BCUT2D eigenvalue weighted by Gasteiger charge is -1.98. The van der Waals surface area contributed by atoms with Gasteiger partial charge in [-0.25, -0.2) is 4.98 Å². The first-order valence-electron chi connectivity index (χ1n) is 7.91. The Labute approximate surface area is 161 Å². The van der Waals surface area contributed by atoms with E-state index < -0.39 is 4.92 Å². The number of aryl methyl sites for hydroxylation is 1. The van der Waals surface area contributed by atoms with Crippen LogP contribution in [0, 0.1) is 17.0 Å². The fraction of sp³-hybridized carbons (Fsp3) is 0.118. The van der Waals surface area contributed by atoms with E-state index in [1.165, 1.54) is 39.7 Å². The second kappa shape index (κ2) is 6.89. The highest BCUT2D eigenvalue weighted by Gasteiger charge is 2.14. The van der Waals surface area contributed by atoms with Crippen molar-refractivity contribution in [3.63, 3.8) is 0 Å². The third-order valence-corrected chi connectivity index (χ3v) is 5.73. The summed E-state index contributed by atoms with van der Waals surface area (Å²) in [6, 6.07) is 7.71. The molecular formula is C17H13N5O3S2. The van der Waals surface area contributed by atoms with E-state index in [0.717, 1.165) is 21.3 Å². The van der Waals surface area contributed by atoms with Gasteiger partial charge >= 0.3 is 5.69 Å². The number of rotatable bonds is 5. The summed E-state index contributed by atoms with van der Waals surface area (Å²) in [7, 11) is 0. The number of nitrogens with zero attached hydrogens (tertiary/aromatic N) is 4. The van der Waals surface area contributed by atoms with E-state index in [2.05, 4.69) is 15.4 Å². The molecule has 0 unspecified atom stereocenters. The van der Waals surface area contributed by atoms with Crippen LogP contribution in [-0.4, -0.2) is 25.6 Å². The number of fused-ring (bicyclic) bond motifs is 1. The largest absolute Gasteiger partial charge is 0.307 e. The highest BCUT2D eigenvalue weighted by molar-refractivity contribution is 7.22. The minimum absolute atomic E-state index is 0.0609. The van der Waals surface area contributed by atoms with Crippen LogP contribution in [0.25, 0.3) is 10.2 Å². The summed E-state index contributed by atoms with van der Waals surface area (Å²) >= 11 is 2.74. The summed E-state index contributed by atoms with van der Waals surface area (Å²) < 4.78 is 2.50. The van der Waals surface area contributed by atoms with Gasteiger partial charge in [0.05, 0.1) is 26.6 Å². The van der Waals surface area contributed by atoms with Gasteiger partial charge in [-0.1, -0.05) is 17.4 Å². The van der Waals surface area contributed by atoms with Gasteiger partial charge in [0.2, 0.25) is 0 Å². The van der Waals surface area contributed by atoms with Crippen LogP contribution in [0.15, 0.2) is 42.0 Å². The summed E-state index contributed by atoms with van der Waals surface area (Å²) in [5, 5.41) is 19.9. The van der Waals surface area contributed by atoms with Crippen LogP contribution in [0.5, 0.6) is 0 Å². The van der Waals surface area contributed by atoms with Crippen LogP contribution >= 0.6 is 22.7 Å². The van der Waals surface area contributed by atoms with Crippen molar-refractivity contribution in [3.8, 4) is 0 Å². The Morgan fingerprint density at radius 2 is 2.22 bits per heavy atom. The highest BCUT2D eigenvalue weighted by atomic mass is 32.1. The Bertz CT molecular complexity index is 1160. The topological polar surface area (TPSA) is 103 Å². The zero-order valence-electron chi connectivity index (χ0n) is 14.1. The molecule has 3 heterocycles. The second-order valence-corrected chi connectivity index (χ2v) is 7.86. The van der Waals surface area contributed by atoms with Crippen molar-refractivity contribution in [1.82, 2.24) is 14.8 Å². The third-order valence-electron chi connectivity index (χ3n) is 3.82. The molecule has 1 amide bonds. The maximum absolute atomic E-state index is 12.5. The number of anilines is 1. The Hall–Kier alpha value is -3.11. The van der Waals surface area contributed by atoms with Gasteiger partial charge in [0.15, 0.2) is 5.13 Å². The summed E-state index contributed by atoms with van der Waals surface area (Å²) in [5.74, 6) is -0.228. The molecule has 4 rings (SSSR count). The molecule has 8 nitrogen and oxygen atoms in total. The molecule has 0 aliphatic rings. The summed E-state index contributed by atoms with van der Waals surface area (Å²) in [5.41, 5.74) is 2.79. The van der Waals surface area contributed by atoms with Gasteiger partial charge in [-0.3, -0.25) is 24.9 Å². The summed E-state index contributed by atoms with van der Waals surface area (Å²) in [6.07, 6.45) is 2.56. The van der Waals surface area contributed by atoms with Crippen molar-refractivity contribution in [2.45, 2.75) is 13.5 Å². The standard InChI is InChI=1S/C17H13N5O3S2/c1-10-2-3-13-14(4-10)27-17(19-13)20-16(23)15-5-11(9-26-15)7-21-8-12(6-18-21)22(24)25/h2-6,8-9H,7H2,1H3,(H,19,20,23). The van der Waals surface area contributed by atoms with E-state index >= 15 is 0 Å². The van der Waals surface area contributed by atoms with Crippen LogP contribution in [0.1, 0.15) is 20.8 Å². The van der Waals surface area contributed by atoms with E-state index in [-0.39, 0.29) is 11.6 Å². The monoisotopic (exact) mass is 399 g/mol. The summed E-state index contributed by atoms with van der Waals surface area (Å²) in [6.45, 7) is 2.37. The number of benzene rings is 1. The maximum atomic E-state index is 12.5. The first kappa shape index (κ1) is 17.3. The molecule has 0 bridgehead atoms. The van der Waals surface area contributed by atoms with Crippen LogP contribution in [0.3, 0.4) is 0 Å². The SMILES string of the molecule is Cc1ccc2nc(NC(=O)c3cc(Cn4cc([N+](=O)[O-])cn4)cs3)sc2c1. The first-order valence-corrected chi connectivity index (χ1v) is 9.60. The average molecular weight is 399 g/mol. The Kier molecular flexibility index (Phi) is 4.42. The van der Waals surface area contributed by atoms with Gasteiger partial charge in [-0.2, -0.15) is 5.10 Å². The molecule has 0 radical (unpaired) electrons. The quantitative estimate of drug-likeness (QED) is 0.402. The van der Waals surface area contributed by atoms with Crippen molar-refractivity contribution in [2.75, 3.05) is 5.32 Å². The normalized spacial score (nSPS) is 11.0. The van der Waals surface area contributed by atoms with Gasteiger partial charge in [-0.15, -0.1) is 11.3 Å². The van der Waals surface area contributed by atoms with Crippen molar-refractivity contribution in [3.05, 3.63) is 68.2 Å². The lowest BCUT2D eigenvalue weighted by molar-refractivity contribution is -0.385.